The molecular formula is C23H18FN3O2S2. The maximum absolute atomic E-state index is 12.9. The number of aromatic nitrogens is 2. The molecule has 0 aliphatic carbocycles. The van der Waals surface area contributed by atoms with Gasteiger partial charge in [0.2, 0.25) is 0 Å². The number of ether oxygens (including phenoxy) is 1. The van der Waals surface area contributed by atoms with Gasteiger partial charge in [0, 0.05) is 34.1 Å². The molecule has 0 radical (unpaired) electrons. The summed E-state index contributed by atoms with van der Waals surface area (Å²) in [4.78, 5) is 22.0. The molecule has 31 heavy (non-hydrogen) atoms. The van der Waals surface area contributed by atoms with Crippen molar-refractivity contribution in [2.45, 2.75) is 17.3 Å². The maximum Gasteiger partial charge on any atom is 0.275 e. The molecule has 0 saturated heterocycles. The minimum absolute atomic E-state index is 0.215. The highest BCUT2D eigenvalue weighted by Crippen LogP contribution is 2.24. The molecule has 2 aromatic heterocycles. The first-order chi connectivity index (χ1) is 15.2. The van der Waals surface area contributed by atoms with Crippen LogP contribution in [0.3, 0.4) is 0 Å². The monoisotopic (exact) mass is 451 g/mol. The fourth-order valence-corrected chi connectivity index (χ4v) is 4.16. The van der Waals surface area contributed by atoms with Crippen molar-refractivity contribution < 1.29 is 13.9 Å². The second-order valence-corrected chi connectivity index (χ2v) is 8.49. The summed E-state index contributed by atoms with van der Waals surface area (Å²) in [7, 11) is 0. The molecule has 0 bridgehead atoms. The van der Waals surface area contributed by atoms with Gasteiger partial charge in [0.05, 0.1) is 0 Å². The molecule has 4 aromatic rings. The van der Waals surface area contributed by atoms with E-state index in [1.807, 2.05) is 42.6 Å². The van der Waals surface area contributed by atoms with E-state index in [1.165, 1.54) is 23.5 Å². The lowest BCUT2D eigenvalue weighted by molar-refractivity contribution is 0.102. The van der Waals surface area contributed by atoms with E-state index in [0.717, 1.165) is 16.2 Å². The van der Waals surface area contributed by atoms with Crippen molar-refractivity contribution in [3.05, 3.63) is 101 Å². The van der Waals surface area contributed by atoms with E-state index in [0.29, 0.717) is 22.1 Å². The fourth-order valence-electron chi connectivity index (χ4n) is 2.64. The molecule has 0 spiro atoms. The Morgan fingerprint density at radius 3 is 2.65 bits per heavy atom. The van der Waals surface area contributed by atoms with E-state index >= 15 is 0 Å². The Hall–Kier alpha value is -3.23. The predicted octanol–water partition coefficient (Wildman–Crippen LogP) is 5.80. The van der Waals surface area contributed by atoms with E-state index < -0.39 is 0 Å². The average Bonchev–Trinajstić information content (AvgIpc) is 3.28. The van der Waals surface area contributed by atoms with Crippen LogP contribution in [-0.4, -0.2) is 15.9 Å². The highest BCUT2D eigenvalue weighted by atomic mass is 32.2. The molecule has 0 unspecified atom stereocenters. The summed E-state index contributed by atoms with van der Waals surface area (Å²) in [5.41, 5.74) is 2.19. The highest BCUT2D eigenvalue weighted by molar-refractivity contribution is 7.98. The Morgan fingerprint density at radius 1 is 1.10 bits per heavy atom. The molecule has 1 amide bonds. The zero-order valence-electron chi connectivity index (χ0n) is 16.3. The van der Waals surface area contributed by atoms with Gasteiger partial charge < -0.3 is 10.1 Å². The third-order valence-corrected chi connectivity index (χ3v) is 6.11. The van der Waals surface area contributed by atoms with Gasteiger partial charge in [-0.1, -0.05) is 6.07 Å². The van der Waals surface area contributed by atoms with E-state index in [2.05, 4.69) is 15.3 Å². The molecule has 0 aliphatic rings. The smallest absolute Gasteiger partial charge is 0.275 e. The number of benzene rings is 2. The van der Waals surface area contributed by atoms with Crippen molar-refractivity contribution >= 4 is 34.7 Å². The summed E-state index contributed by atoms with van der Waals surface area (Å²) >= 11 is 3.05. The first-order valence-electron chi connectivity index (χ1n) is 9.41. The van der Waals surface area contributed by atoms with Crippen molar-refractivity contribution in [3.63, 3.8) is 0 Å². The molecule has 8 heteroatoms. The molecule has 4 rings (SSSR count). The minimum Gasteiger partial charge on any atom is -0.486 e. The van der Waals surface area contributed by atoms with Crippen molar-refractivity contribution in [3.8, 4) is 5.75 Å². The topological polar surface area (TPSA) is 64.1 Å². The second-order valence-electron chi connectivity index (χ2n) is 6.50. The zero-order valence-corrected chi connectivity index (χ0v) is 18.0. The number of amides is 1. The largest absolute Gasteiger partial charge is 0.486 e. The molecule has 2 aromatic carbocycles. The van der Waals surface area contributed by atoms with Crippen LogP contribution in [0.5, 0.6) is 5.75 Å². The minimum atomic E-state index is -0.319. The molecule has 1 N–H and O–H groups in total. The maximum atomic E-state index is 12.9. The van der Waals surface area contributed by atoms with Crippen LogP contribution in [0, 0.1) is 5.82 Å². The van der Waals surface area contributed by atoms with Crippen LogP contribution >= 0.6 is 23.1 Å². The number of nitrogens with one attached hydrogen (secondary N) is 1. The summed E-state index contributed by atoms with van der Waals surface area (Å²) < 4.78 is 18.5. The van der Waals surface area contributed by atoms with Crippen molar-refractivity contribution in [2.75, 3.05) is 5.32 Å². The number of hydrogen-bond donors (Lipinski definition) is 1. The Kier molecular flexibility index (Phi) is 6.91. The number of thiazole rings is 1. The van der Waals surface area contributed by atoms with Crippen molar-refractivity contribution in [1.82, 2.24) is 9.97 Å². The van der Waals surface area contributed by atoms with E-state index in [-0.39, 0.29) is 18.3 Å². The number of carbonyl (C=O) groups excluding carboxylic acids is 1. The van der Waals surface area contributed by atoms with Crippen molar-refractivity contribution in [2.24, 2.45) is 0 Å². The normalized spacial score (nSPS) is 10.6. The van der Waals surface area contributed by atoms with Crippen LogP contribution in [0.1, 0.15) is 21.1 Å². The lowest BCUT2D eigenvalue weighted by Gasteiger charge is -2.06. The molecular weight excluding hydrogens is 433 g/mol. The lowest BCUT2D eigenvalue weighted by atomic mass is 10.3. The number of halogens is 1. The third-order valence-electron chi connectivity index (χ3n) is 4.20. The molecule has 5 nitrogen and oxygen atoms in total. The molecule has 2 heterocycles. The van der Waals surface area contributed by atoms with Crippen LogP contribution < -0.4 is 10.1 Å². The van der Waals surface area contributed by atoms with Crippen LogP contribution in [-0.2, 0) is 12.4 Å². The van der Waals surface area contributed by atoms with Gasteiger partial charge in [-0.15, -0.1) is 23.1 Å². The number of pyridine rings is 1. The van der Waals surface area contributed by atoms with Gasteiger partial charge in [0.1, 0.15) is 28.9 Å². The predicted molar refractivity (Wildman–Crippen MR) is 121 cm³/mol. The van der Waals surface area contributed by atoms with Gasteiger partial charge in [0.15, 0.2) is 0 Å². The Morgan fingerprint density at radius 2 is 1.90 bits per heavy atom. The highest BCUT2D eigenvalue weighted by Gasteiger charge is 2.12. The van der Waals surface area contributed by atoms with Crippen LogP contribution in [0.15, 0.2) is 83.3 Å². The quantitative estimate of drug-likeness (QED) is 0.343. The van der Waals surface area contributed by atoms with Gasteiger partial charge in [-0.05, 0) is 60.2 Å². The van der Waals surface area contributed by atoms with Gasteiger partial charge in [-0.3, -0.25) is 9.78 Å². The Bertz CT molecular complexity index is 1130. The van der Waals surface area contributed by atoms with Crippen molar-refractivity contribution in [1.29, 1.82) is 0 Å². The number of hydrogen-bond acceptors (Lipinski definition) is 6. The summed E-state index contributed by atoms with van der Waals surface area (Å²) in [6.07, 6.45) is 3.62. The lowest BCUT2D eigenvalue weighted by Crippen LogP contribution is -2.12. The number of nitrogens with zero attached hydrogens (tertiary/aromatic N) is 2. The number of thioether (sulfide) groups is 1. The van der Waals surface area contributed by atoms with Gasteiger partial charge in [0.25, 0.3) is 5.91 Å². The molecule has 0 aliphatic heterocycles. The molecule has 0 atom stereocenters. The summed E-state index contributed by atoms with van der Waals surface area (Å²) in [6, 6.07) is 17.4. The number of anilines is 1. The van der Waals surface area contributed by atoms with E-state index in [1.54, 1.807) is 35.5 Å². The van der Waals surface area contributed by atoms with E-state index in [9.17, 15) is 9.18 Å². The summed E-state index contributed by atoms with van der Waals surface area (Å²) in [6.45, 7) is 0.215. The Labute approximate surface area is 187 Å². The second kappa shape index (κ2) is 10.2. The number of carbonyl (C=O) groups is 1. The first kappa shape index (κ1) is 21.0. The number of rotatable bonds is 8. The molecule has 0 fully saturated rings. The third kappa shape index (κ3) is 6.13. The van der Waals surface area contributed by atoms with Gasteiger partial charge in [-0.25, -0.2) is 9.37 Å². The molecule has 156 valence electrons. The van der Waals surface area contributed by atoms with Crippen LogP contribution in [0.25, 0.3) is 0 Å². The Balaban J connectivity index is 1.28. The summed E-state index contributed by atoms with van der Waals surface area (Å²) in [5, 5.41) is 5.21. The summed E-state index contributed by atoms with van der Waals surface area (Å²) in [5.74, 6) is 0.783. The fraction of sp³-hybridized carbons (Fsp3) is 0.0870. The average molecular weight is 452 g/mol. The SMILES string of the molecule is O=C(Nc1ccc(SCc2cccnc2)cc1)c1csc(COc2ccc(F)cc2)n1. The first-order valence-corrected chi connectivity index (χ1v) is 11.3. The van der Waals surface area contributed by atoms with Gasteiger partial charge >= 0.3 is 0 Å². The standard InChI is InChI=1S/C23H18FN3O2S2/c24-17-3-7-19(8-4-17)29-13-22-27-21(15-31-22)23(28)26-18-5-9-20(10-6-18)30-14-16-2-1-11-25-12-16/h1-12,15H,13-14H2,(H,26,28). The van der Waals surface area contributed by atoms with Crippen LogP contribution in [0.4, 0.5) is 10.1 Å². The molecule has 0 saturated carbocycles. The van der Waals surface area contributed by atoms with Crippen LogP contribution in [0.2, 0.25) is 0 Å². The zero-order chi connectivity index (χ0) is 21.5. The van der Waals surface area contributed by atoms with Gasteiger partial charge in [-0.2, -0.15) is 0 Å². The van der Waals surface area contributed by atoms with E-state index in [4.69, 9.17) is 4.74 Å².